The Kier molecular flexibility index (Phi) is 4.28. The summed E-state index contributed by atoms with van der Waals surface area (Å²) in [6.07, 6.45) is 11.7. The van der Waals surface area contributed by atoms with E-state index in [0.717, 1.165) is 37.7 Å². The molecule has 4 nitrogen and oxygen atoms in total. The third kappa shape index (κ3) is 2.76. The van der Waals surface area contributed by atoms with Crippen LogP contribution < -0.4 is 0 Å². The van der Waals surface area contributed by atoms with Gasteiger partial charge < -0.3 is 4.74 Å². The molecule has 0 aromatic rings. The zero-order valence-corrected chi connectivity index (χ0v) is 16.5. The van der Waals surface area contributed by atoms with Crippen LogP contribution in [0.1, 0.15) is 59.3 Å². The first-order valence-electron chi connectivity index (χ1n) is 10.1. The van der Waals surface area contributed by atoms with E-state index in [1.54, 1.807) is 0 Å². The van der Waals surface area contributed by atoms with Gasteiger partial charge in [0.05, 0.1) is 0 Å². The van der Waals surface area contributed by atoms with Crippen molar-refractivity contribution in [2.24, 2.45) is 22.7 Å². The van der Waals surface area contributed by atoms with Crippen molar-refractivity contribution in [1.82, 2.24) is 0 Å². The van der Waals surface area contributed by atoms with Crippen LogP contribution in [0.15, 0.2) is 34.9 Å². The molecule has 1 saturated carbocycles. The molecule has 0 aliphatic heterocycles. The summed E-state index contributed by atoms with van der Waals surface area (Å²) >= 11 is 0. The second kappa shape index (κ2) is 6.29. The molecule has 4 rings (SSSR count). The molecule has 0 bridgehead atoms. The average molecular weight is 368 g/mol. The fourth-order valence-electron chi connectivity index (χ4n) is 6.11. The van der Waals surface area contributed by atoms with Crippen LogP contribution in [0.2, 0.25) is 0 Å². The second-order valence-corrected chi connectivity index (χ2v) is 9.06. The van der Waals surface area contributed by atoms with Gasteiger partial charge in [0.1, 0.15) is 0 Å². The number of fused-ring (bicyclic) bond motifs is 5. The molecule has 0 spiro atoms. The fraction of sp³-hybridized carbons (Fsp3) is 0.609. The molecule has 0 amide bonds. The van der Waals surface area contributed by atoms with E-state index in [9.17, 15) is 14.4 Å². The lowest BCUT2D eigenvalue weighted by Crippen LogP contribution is -2.44. The SMILES string of the molecule is CC(=O)OCC(=O)C1=CCC2[C@@H]3CCC4=CC(=O)CC[C@]4(C)C3=CC[C@]12C. The summed E-state index contributed by atoms with van der Waals surface area (Å²) in [5.74, 6) is 0.681. The lowest BCUT2D eigenvalue weighted by atomic mass is 9.51. The minimum atomic E-state index is -0.416. The number of hydrogen-bond acceptors (Lipinski definition) is 4. The monoisotopic (exact) mass is 368 g/mol. The van der Waals surface area contributed by atoms with Crippen molar-refractivity contribution in [1.29, 1.82) is 0 Å². The highest BCUT2D eigenvalue weighted by atomic mass is 16.5. The first-order chi connectivity index (χ1) is 12.8. The zero-order chi connectivity index (χ0) is 19.4. The summed E-state index contributed by atoms with van der Waals surface area (Å²) in [6.45, 7) is 5.69. The molecule has 0 aromatic heterocycles. The van der Waals surface area contributed by atoms with Gasteiger partial charge in [-0.05, 0) is 50.0 Å². The molecule has 0 N–H and O–H groups in total. The topological polar surface area (TPSA) is 60.4 Å². The smallest absolute Gasteiger partial charge is 0.303 e. The number of allylic oxidation sites excluding steroid dienone is 5. The van der Waals surface area contributed by atoms with Gasteiger partial charge in [0.2, 0.25) is 0 Å². The van der Waals surface area contributed by atoms with E-state index in [2.05, 4.69) is 26.0 Å². The van der Waals surface area contributed by atoms with Crippen molar-refractivity contribution in [2.45, 2.75) is 59.3 Å². The van der Waals surface area contributed by atoms with Crippen molar-refractivity contribution in [3.05, 3.63) is 34.9 Å². The molecule has 1 fully saturated rings. The van der Waals surface area contributed by atoms with E-state index in [1.807, 2.05) is 6.08 Å². The molecular weight excluding hydrogens is 340 g/mol. The largest absolute Gasteiger partial charge is 0.457 e. The average Bonchev–Trinajstić information content (AvgIpc) is 2.97. The fourth-order valence-corrected chi connectivity index (χ4v) is 6.11. The highest BCUT2D eigenvalue weighted by molar-refractivity contribution is 5.99. The minimum absolute atomic E-state index is 0.0165. The highest BCUT2D eigenvalue weighted by Crippen LogP contribution is 2.63. The standard InChI is InChI=1S/C23H28O4/c1-14(24)27-13-21(26)20-7-6-18-17-5-4-15-12-16(25)8-10-22(15,2)19(17)9-11-23(18,20)3/h7,9,12,17-18H,4-6,8,10-11,13H2,1-3H3/t17-,18?,22-,23-/m0/s1. The van der Waals surface area contributed by atoms with Gasteiger partial charge in [0.25, 0.3) is 0 Å². The zero-order valence-electron chi connectivity index (χ0n) is 16.5. The Morgan fingerprint density at radius 3 is 2.74 bits per heavy atom. The van der Waals surface area contributed by atoms with E-state index < -0.39 is 5.97 Å². The van der Waals surface area contributed by atoms with Crippen molar-refractivity contribution in [3.63, 3.8) is 0 Å². The summed E-state index contributed by atoms with van der Waals surface area (Å²) in [6, 6.07) is 0. The summed E-state index contributed by atoms with van der Waals surface area (Å²) in [7, 11) is 0. The first-order valence-corrected chi connectivity index (χ1v) is 10.1. The molecule has 4 heteroatoms. The van der Waals surface area contributed by atoms with E-state index in [-0.39, 0.29) is 29.0 Å². The van der Waals surface area contributed by atoms with Crippen molar-refractivity contribution >= 4 is 17.5 Å². The maximum Gasteiger partial charge on any atom is 0.303 e. The third-order valence-corrected chi connectivity index (χ3v) is 7.62. The number of hydrogen-bond donors (Lipinski definition) is 0. The normalized spacial score (nSPS) is 37.3. The molecular formula is C23H28O4. The molecule has 4 aliphatic rings. The van der Waals surface area contributed by atoms with Crippen LogP contribution in [0, 0.1) is 22.7 Å². The summed E-state index contributed by atoms with van der Waals surface area (Å²) in [5.41, 5.74) is 3.49. The number of ketones is 2. The van der Waals surface area contributed by atoms with Gasteiger partial charge in [-0.25, -0.2) is 0 Å². The molecule has 4 aliphatic carbocycles. The van der Waals surface area contributed by atoms with Gasteiger partial charge in [-0.15, -0.1) is 0 Å². The molecule has 0 radical (unpaired) electrons. The maximum absolute atomic E-state index is 12.7. The Balaban J connectivity index is 1.62. The second-order valence-electron chi connectivity index (χ2n) is 9.06. The molecule has 144 valence electrons. The minimum Gasteiger partial charge on any atom is -0.457 e. The van der Waals surface area contributed by atoms with E-state index >= 15 is 0 Å². The first kappa shape index (κ1) is 18.4. The number of ether oxygens (including phenoxy) is 1. The number of Topliss-reactive ketones (excluding diaryl/α,β-unsaturated/α-hetero) is 1. The van der Waals surface area contributed by atoms with Gasteiger partial charge in [-0.2, -0.15) is 0 Å². The van der Waals surface area contributed by atoms with E-state index in [4.69, 9.17) is 4.74 Å². The van der Waals surface area contributed by atoms with E-state index in [1.165, 1.54) is 18.1 Å². The predicted octanol–water partition coefficient (Wildman–Crippen LogP) is 4.11. The van der Waals surface area contributed by atoms with Gasteiger partial charge in [-0.3, -0.25) is 14.4 Å². The lowest BCUT2D eigenvalue weighted by Gasteiger charge is -2.53. The predicted molar refractivity (Wildman–Crippen MR) is 102 cm³/mol. The molecule has 1 unspecified atom stereocenters. The van der Waals surface area contributed by atoms with Gasteiger partial charge in [0.15, 0.2) is 18.2 Å². The van der Waals surface area contributed by atoms with Crippen LogP contribution in [0.25, 0.3) is 0 Å². The third-order valence-electron chi connectivity index (χ3n) is 7.62. The van der Waals surface area contributed by atoms with Crippen molar-refractivity contribution in [3.8, 4) is 0 Å². The quantitative estimate of drug-likeness (QED) is 0.556. The molecule has 27 heavy (non-hydrogen) atoms. The Labute approximate surface area is 160 Å². The van der Waals surface area contributed by atoms with Gasteiger partial charge in [-0.1, -0.05) is 37.1 Å². The molecule has 4 atom stereocenters. The van der Waals surface area contributed by atoms with Crippen LogP contribution in [-0.2, 0) is 19.1 Å². The van der Waals surface area contributed by atoms with Crippen LogP contribution in [0.4, 0.5) is 0 Å². The Morgan fingerprint density at radius 2 is 2.00 bits per heavy atom. The summed E-state index contributed by atoms with van der Waals surface area (Å²) < 4.78 is 4.96. The Morgan fingerprint density at radius 1 is 1.22 bits per heavy atom. The van der Waals surface area contributed by atoms with Crippen molar-refractivity contribution in [2.75, 3.05) is 6.61 Å². The lowest BCUT2D eigenvalue weighted by molar-refractivity contribution is -0.145. The van der Waals surface area contributed by atoms with Gasteiger partial charge >= 0.3 is 5.97 Å². The van der Waals surface area contributed by atoms with E-state index in [0.29, 0.717) is 18.3 Å². The number of carbonyl (C=O) groups is 3. The Hall–Kier alpha value is -1.97. The number of rotatable bonds is 3. The van der Waals surface area contributed by atoms with Gasteiger partial charge in [0, 0.05) is 29.7 Å². The van der Waals surface area contributed by atoms with Crippen LogP contribution in [-0.4, -0.2) is 24.1 Å². The molecule has 0 aromatic carbocycles. The van der Waals surface area contributed by atoms with Crippen LogP contribution in [0.3, 0.4) is 0 Å². The maximum atomic E-state index is 12.7. The molecule has 0 heterocycles. The highest BCUT2D eigenvalue weighted by Gasteiger charge is 2.54. The number of esters is 1. The summed E-state index contributed by atoms with van der Waals surface area (Å²) in [5, 5.41) is 0. The summed E-state index contributed by atoms with van der Waals surface area (Å²) in [4.78, 5) is 35.7. The van der Waals surface area contributed by atoms with Crippen LogP contribution >= 0.6 is 0 Å². The molecule has 0 saturated heterocycles. The Bertz CT molecular complexity index is 814. The van der Waals surface area contributed by atoms with Crippen molar-refractivity contribution < 1.29 is 19.1 Å². The van der Waals surface area contributed by atoms with Crippen LogP contribution in [0.5, 0.6) is 0 Å². The number of carbonyl (C=O) groups excluding carboxylic acids is 3.